The quantitative estimate of drug-likeness (QED) is 0.853. The van der Waals surface area contributed by atoms with Gasteiger partial charge in [-0.1, -0.05) is 17.7 Å². The van der Waals surface area contributed by atoms with Crippen LogP contribution in [0.3, 0.4) is 0 Å². The van der Waals surface area contributed by atoms with Crippen LogP contribution in [0, 0.1) is 6.92 Å². The Bertz CT molecular complexity index is 402. The minimum absolute atomic E-state index is 0.110. The van der Waals surface area contributed by atoms with E-state index in [0.717, 1.165) is 5.56 Å². The zero-order valence-electron chi connectivity index (χ0n) is 10.0. The molecule has 0 spiro atoms. The molecule has 0 radical (unpaired) electrons. The smallest absolute Gasteiger partial charge is 0.244 e. The van der Waals surface area contributed by atoms with Crippen LogP contribution in [0.5, 0.6) is 0 Å². The molecule has 1 amide bonds. The Morgan fingerprint density at radius 2 is 2.00 bits per heavy atom. The summed E-state index contributed by atoms with van der Waals surface area (Å²) in [5.41, 5.74) is 1.09. The van der Waals surface area contributed by atoms with Crippen LogP contribution in [-0.4, -0.2) is 18.5 Å². The monoisotopic (exact) mass is 240 g/mol. The van der Waals surface area contributed by atoms with Gasteiger partial charge in [-0.15, -0.1) is 0 Å². The number of nitrogens with one attached hydrogen (secondary N) is 2. The molecule has 4 heteroatoms. The van der Waals surface area contributed by atoms with Crippen LogP contribution in [-0.2, 0) is 4.79 Å². The lowest BCUT2D eigenvalue weighted by Gasteiger charge is -2.23. The molecule has 0 unspecified atom stereocenters. The fourth-order valence-corrected chi connectivity index (χ4v) is 1.40. The molecule has 2 N–H and O–H groups in total. The summed E-state index contributed by atoms with van der Waals surface area (Å²) in [7, 11) is 1.75. The summed E-state index contributed by atoms with van der Waals surface area (Å²) in [6.07, 6.45) is 0. The molecular weight excluding hydrogens is 224 g/mol. The van der Waals surface area contributed by atoms with Gasteiger partial charge in [0.05, 0.1) is 16.2 Å². The highest BCUT2D eigenvalue weighted by atomic mass is 35.5. The summed E-state index contributed by atoms with van der Waals surface area (Å²) in [5.74, 6) is -0.110. The van der Waals surface area contributed by atoms with Crippen LogP contribution in [0.1, 0.15) is 19.4 Å². The maximum Gasteiger partial charge on any atom is 0.244 e. The van der Waals surface area contributed by atoms with E-state index in [9.17, 15) is 4.79 Å². The van der Waals surface area contributed by atoms with Gasteiger partial charge in [0.1, 0.15) is 0 Å². The molecule has 0 aliphatic rings. The van der Waals surface area contributed by atoms with Crippen molar-refractivity contribution in [3.05, 3.63) is 28.8 Å². The maximum absolute atomic E-state index is 11.9. The summed E-state index contributed by atoms with van der Waals surface area (Å²) in [6.45, 7) is 5.57. The highest BCUT2D eigenvalue weighted by Gasteiger charge is 2.25. The molecule has 1 aromatic carbocycles. The van der Waals surface area contributed by atoms with Gasteiger partial charge in [0, 0.05) is 0 Å². The lowest BCUT2D eigenvalue weighted by Crippen LogP contribution is -2.47. The van der Waals surface area contributed by atoms with Crippen LogP contribution in [0.4, 0.5) is 5.69 Å². The van der Waals surface area contributed by atoms with E-state index in [1.165, 1.54) is 0 Å². The number of amides is 1. The number of aryl methyl sites for hydroxylation is 1. The molecule has 0 aliphatic carbocycles. The Labute approximate surface area is 101 Å². The predicted molar refractivity (Wildman–Crippen MR) is 68.0 cm³/mol. The Hall–Kier alpha value is -1.06. The third kappa shape index (κ3) is 2.97. The topological polar surface area (TPSA) is 41.1 Å². The largest absolute Gasteiger partial charge is 0.323 e. The van der Waals surface area contributed by atoms with Gasteiger partial charge in [0.15, 0.2) is 0 Å². The standard InChI is InChI=1S/C12H17ClN2O/c1-8-5-6-10(9(13)7-8)15-11(16)12(2,3)14-4/h5-7,14H,1-4H3,(H,15,16). The number of halogens is 1. The lowest BCUT2D eigenvalue weighted by molar-refractivity contribution is -0.121. The van der Waals surface area contributed by atoms with Gasteiger partial charge >= 0.3 is 0 Å². The van der Waals surface area contributed by atoms with Gasteiger partial charge in [-0.25, -0.2) is 0 Å². The first-order chi connectivity index (χ1) is 7.36. The number of hydrogen-bond acceptors (Lipinski definition) is 2. The Morgan fingerprint density at radius 3 is 2.50 bits per heavy atom. The molecular formula is C12H17ClN2O. The molecule has 0 saturated heterocycles. The molecule has 3 nitrogen and oxygen atoms in total. The Kier molecular flexibility index (Phi) is 3.94. The van der Waals surface area contributed by atoms with Crippen LogP contribution >= 0.6 is 11.6 Å². The molecule has 0 saturated carbocycles. The minimum atomic E-state index is -0.617. The summed E-state index contributed by atoms with van der Waals surface area (Å²) in [5, 5.41) is 6.29. The average Bonchev–Trinajstić information content (AvgIpc) is 2.22. The van der Waals surface area contributed by atoms with Gasteiger partial charge in [-0.3, -0.25) is 4.79 Å². The second kappa shape index (κ2) is 4.85. The van der Waals surface area contributed by atoms with Gasteiger partial charge in [-0.2, -0.15) is 0 Å². The maximum atomic E-state index is 11.9. The first kappa shape index (κ1) is 13.0. The van der Waals surface area contributed by atoms with Crippen molar-refractivity contribution in [2.45, 2.75) is 26.3 Å². The zero-order chi connectivity index (χ0) is 12.3. The van der Waals surface area contributed by atoms with Crippen molar-refractivity contribution in [2.75, 3.05) is 12.4 Å². The van der Waals surface area contributed by atoms with Crippen molar-refractivity contribution in [1.29, 1.82) is 0 Å². The molecule has 0 bridgehead atoms. The molecule has 0 aliphatic heterocycles. The van der Waals surface area contributed by atoms with E-state index >= 15 is 0 Å². The van der Waals surface area contributed by atoms with Crippen molar-refractivity contribution in [1.82, 2.24) is 5.32 Å². The Morgan fingerprint density at radius 1 is 1.38 bits per heavy atom. The molecule has 0 atom stereocenters. The molecule has 0 fully saturated rings. The number of carbonyl (C=O) groups is 1. The number of rotatable bonds is 3. The number of carbonyl (C=O) groups excluding carboxylic acids is 1. The van der Waals surface area contributed by atoms with Gasteiger partial charge in [-0.05, 0) is 45.5 Å². The lowest BCUT2D eigenvalue weighted by atomic mass is 10.1. The average molecular weight is 241 g/mol. The SMILES string of the molecule is CNC(C)(C)C(=O)Nc1ccc(C)cc1Cl. The Balaban J connectivity index is 2.85. The summed E-state index contributed by atoms with van der Waals surface area (Å²) < 4.78 is 0. The number of likely N-dealkylation sites (N-methyl/N-ethyl adjacent to an activating group) is 1. The van der Waals surface area contributed by atoms with E-state index in [2.05, 4.69) is 10.6 Å². The van der Waals surface area contributed by atoms with E-state index < -0.39 is 5.54 Å². The van der Waals surface area contributed by atoms with E-state index in [4.69, 9.17) is 11.6 Å². The van der Waals surface area contributed by atoms with Crippen molar-refractivity contribution < 1.29 is 4.79 Å². The fourth-order valence-electron chi connectivity index (χ4n) is 1.11. The molecule has 0 heterocycles. The third-order valence-electron chi connectivity index (χ3n) is 2.57. The van der Waals surface area contributed by atoms with Gasteiger partial charge < -0.3 is 10.6 Å². The van der Waals surface area contributed by atoms with Crippen LogP contribution in [0.25, 0.3) is 0 Å². The summed E-state index contributed by atoms with van der Waals surface area (Å²) in [4.78, 5) is 11.9. The molecule has 88 valence electrons. The molecule has 16 heavy (non-hydrogen) atoms. The number of anilines is 1. The highest BCUT2D eigenvalue weighted by molar-refractivity contribution is 6.33. The number of hydrogen-bond donors (Lipinski definition) is 2. The van der Waals surface area contributed by atoms with E-state index in [1.807, 2.05) is 32.9 Å². The van der Waals surface area contributed by atoms with Crippen molar-refractivity contribution in [3.8, 4) is 0 Å². The highest BCUT2D eigenvalue weighted by Crippen LogP contribution is 2.23. The van der Waals surface area contributed by atoms with Gasteiger partial charge in [0.25, 0.3) is 0 Å². The fraction of sp³-hybridized carbons (Fsp3) is 0.417. The normalized spacial score (nSPS) is 11.3. The van der Waals surface area contributed by atoms with Crippen LogP contribution < -0.4 is 10.6 Å². The van der Waals surface area contributed by atoms with E-state index in [-0.39, 0.29) is 5.91 Å². The number of benzene rings is 1. The predicted octanol–water partition coefficient (Wildman–Crippen LogP) is 2.58. The second-order valence-electron chi connectivity index (χ2n) is 4.31. The van der Waals surface area contributed by atoms with E-state index in [0.29, 0.717) is 10.7 Å². The molecule has 0 aromatic heterocycles. The first-order valence-corrected chi connectivity index (χ1v) is 5.51. The third-order valence-corrected chi connectivity index (χ3v) is 2.88. The van der Waals surface area contributed by atoms with Crippen LogP contribution in [0.15, 0.2) is 18.2 Å². The van der Waals surface area contributed by atoms with Crippen molar-refractivity contribution in [2.24, 2.45) is 0 Å². The van der Waals surface area contributed by atoms with E-state index in [1.54, 1.807) is 13.1 Å². The molecule has 1 aromatic rings. The first-order valence-electron chi connectivity index (χ1n) is 5.13. The zero-order valence-corrected chi connectivity index (χ0v) is 10.8. The van der Waals surface area contributed by atoms with Gasteiger partial charge in [0.2, 0.25) is 5.91 Å². The molecule has 1 rings (SSSR count). The van der Waals surface area contributed by atoms with Crippen molar-refractivity contribution in [3.63, 3.8) is 0 Å². The second-order valence-corrected chi connectivity index (χ2v) is 4.72. The minimum Gasteiger partial charge on any atom is -0.323 e. The van der Waals surface area contributed by atoms with Crippen LogP contribution in [0.2, 0.25) is 5.02 Å². The van der Waals surface area contributed by atoms with Crippen molar-refractivity contribution >= 4 is 23.2 Å². The summed E-state index contributed by atoms with van der Waals surface area (Å²) in [6, 6.07) is 5.54. The summed E-state index contributed by atoms with van der Waals surface area (Å²) >= 11 is 6.03.